The van der Waals surface area contributed by atoms with Crippen molar-refractivity contribution < 1.29 is 9.53 Å². The zero-order valence-electron chi connectivity index (χ0n) is 10.8. The van der Waals surface area contributed by atoms with Crippen molar-refractivity contribution in [3.8, 4) is 11.6 Å². The lowest BCUT2D eigenvalue weighted by molar-refractivity contribution is 0.0997. The van der Waals surface area contributed by atoms with Gasteiger partial charge in [-0.05, 0) is 37.1 Å². The Bertz CT molecular complexity index is 639. The normalized spacial score (nSPS) is 10.2. The van der Waals surface area contributed by atoms with Crippen LogP contribution >= 0.6 is 0 Å². The third-order valence-electron chi connectivity index (χ3n) is 2.69. The Balaban J connectivity index is 2.43. The number of nitrogens with zero attached hydrogens (tertiary/aromatic N) is 1. The van der Waals surface area contributed by atoms with Gasteiger partial charge in [-0.1, -0.05) is 12.1 Å². The summed E-state index contributed by atoms with van der Waals surface area (Å²) in [5, 5.41) is 0. The predicted molar refractivity (Wildman–Crippen MR) is 73.2 cm³/mol. The molecule has 0 saturated carbocycles. The minimum Gasteiger partial charge on any atom is -0.438 e. The van der Waals surface area contributed by atoms with Gasteiger partial charge in [0.05, 0.1) is 11.9 Å². The summed E-state index contributed by atoms with van der Waals surface area (Å²) in [6.45, 7) is 3.87. The molecule has 98 valence electrons. The van der Waals surface area contributed by atoms with Gasteiger partial charge in [0.2, 0.25) is 5.88 Å². The molecular weight excluding hydrogens is 242 g/mol. The highest BCUT2D eigenvalue weighted by Gasteiger charge is 2.13. The summed E-state index contributed by atoms with van der Waals surface area (Å²) in [5.74, 6) is 0.176. The van der Waals surface area contributed by atoms with Crippen molar-refractivity contribution in [3.05, 3.63) is 47.2 Å². The van der Waals surface area contributed by atoms with Gasteiger partial charge in [0, 0.05) is 0 Å². The van der Waals surface area contributed by atoms with Gasteiger partial charge >= 0.3 is 0 Å². The number of pyridine rings is 1. The zero-order chi connectivity index (χ0) is 14.0. The molecule has 1 aromatic carbocycles. The smallest absolute Gasteiger partial charge is 0.254 e. The van der Waals surface area contributed by atoms with Crippen LogP contribution in [-0.2, 0) is 0 Å². The molecule has 0 fully saturated rings. The fraction of sp³-hybridized carbons (Fsp3) is 0.143. The van der Waals surface area contributed by atoms with E-state index in [0.29, 0.717) is 11.4 Å². The van der Waals surface area contributed by atoms with Gasteiger partial charge in [-0.15, -0.1) is 0 Å². The van der Waals surface area contributed by atoms with E-state index >= 15 is 0 Å². The van der Waals surface area contributed by atoms with Crippen LogP contribution in [0, 0.1) is 13.8 Å². The number of nitrogens with two attached hydrogens (primary N) is 2. The molecule has 0 unspecified atom stereocenters. The molecule has 2 aromatic rings. The van der Waals surface area contributed by atoms with Crippen molar-refractivity contribution >= 4 is 11.6 Å². The van der Waals surface area contributed by atoms with Crippen molar-refractivity contribution in [2.24, 2.45) is 5.73 Å². The first-order valence-electron chi connectivity index (χ1n) is 5.78. The number of benzene rings is 1. The van der Waals surface area contributed by atoms with E-state index in [1.54, 1.807) is 0 Å². The number of ether oxygens (including phenoxy) is 1. The quantitative estimate of drug-likeness (QED) is 0.881. The number of carbonyl (C=O) groups excluding carboxylic acids is 1. The molecule has 0 atom stereocenters. The molecule has 19 heavy (non-hydrogen) atoms. The highest BCUT2D eigenvalue weighted by Crippen LogP contribution is 2.27. The number of aryl methyl sites for hydroxylation is 2. The Morgan fingerprint density at radius 2 is 2.00 bits per heavy atom. The summed E-state index contributed by atoms with van der Waals surface area (Å²) in [6, 6.07) is 7.24. The van der Waals surface area contributed by atoms with Crippen LogP contribution in [0.25, 0.3) is 0 Å². The van der Waals surface area contributed by atoms with E-state index in [2.05, 4.69) is 4.98 Å². The van der Waals surface area contributed by atoms with Gasteiger partial charge in [0.15, 0.2) is 0 Å². The first-order valence-corrected chi connectivity index (χ1v) is 5.78. The summed E-state index contributed by atoms with van der Waals surface area (Å²) in [4.78, 5) is 15.4. The maximum atomic E-state index is 11.4. The number of aromatic nitrogens is 1. The summed E-state index contributed by atoms with van der Waals surface area (Å²) < 4.78 is 5.67. The van der Waals surface area contributed by atoms with Crippen LogP contribution in [-0.4, -0.2) is 10.9 Å². The van der Waals surface area contributed by atoms with Crippen molar-refractivity contribution in [1.82, 2.24) is 4.98 Å². The fourth-order valence-electron chi connectivity index (χ4n) is 1.65. The molecule has 0 saturated heterocycles. The number of hydrogen-bond acceptors (Lipinski definition) is 4. The molecule has 2 rings (SSSR count). The maximum Gasteiger partial charge on any atom is 0.254 e. The number of rotatable bonds is 3. The second-order valence-corrected chi connectivity index (χ2v) is 4.36. The lowest BCUT2D eigenvalue weighted by Gasteiger charge is -2.11. The Labute approximate surface area is 111 Å². The monoisotopic (exact) mass is 257 g/mol. The van der Waals surface area contributed by atoms with E-state index in [4.69, 9.17) is 16.2 Å². The van der Waals surface area contributed by atoms with Gasteiger partial charge in [0.1, 0.15) is 11.3 Å². The summed E-state index contributed by atoms with van der Waals surface area (Å²) in [7, 11) is 0. The summed E-state index contributed by atoms with van der Waals surface area (Å²) in [5.41, 5.74) is 13.4. The predicted octanol–water partition coefficient (Wildman–Crippen LogP) is 2.17. The minimum absolute atomic E-state index is 0.162. The van der Waals surface area contributed by atoms with Crippen LogP contribution in [0.15, 0.2) is 30.5 Å². The van der Waals surface area contributed by atoms with Gasteiger partial charge < -0.3 is 16.2 Å². The highest BCUT2D eigenvalue weighted by atomic mass is 16.5. The molecule has 4 N–H and O–H groups in total. The van der Waals surface area contributed by atoms with Crippen molar-refractivity contribution in [2.45, 2.75) is 13.8 Å². The standard InChI is InChI=1S/C14H15N3O2/c1-8-3-4-9(2)12(5-8)19-14-11(13(16)18)6-10(15)7-17-14/h3-7H,15H2,1-2H3,(H2,16,18). The van der Waals surface area contributed by atoms with Crippen molar-refractivity contribution in [2.75, 3.05) is 5.73 Å². The van der Waals surface area contributed by atoms with Crippen LogP contribution < -0.4 is 16.2 Å². The van der Waals surface area contributed by atoms with E-state index < -0.39 is 5.91 Å². The molecule has 1 aromatic heterocycles. The molecule has 1 amide bonds. The number of nitrogen functional groups attached to an aromatic ring is 1. The Morgan fingerprint density at radius 3 is 2.68 bits per heavy atom. The van der Waals surface area contributed by atoms with Crippen LogP contribution in [0.2, 0.25) is 0 Å². The second-order valence-electron chi connectivity index (χ2n) is 4.36. The molecule has 0 aliphatic heterocycles. The maximum absolute atomic E-state index is 11.4. The van der Waals surface area contributed by atoms with E-state index in [-0.39, 0.29) is 11.4 Å². The summed E-state index contributed by atoms with van der Waals surface area (Å²) in [6.07, 6.45) is 1.42. The fourth-order valence-corrected chi connectivity index (χ4v) is 1.65. The lowest BCUT2D eigenvalue weighted by atomic mass is 10.1. The zero-order valence-corrected chi connectivity index (χ0v) is 10.8. The Kier molecular flexibility index (Phi) is 3.37. The number of primary amides is 1. The molecule has 0 bridgehead atoms. The lowest BCUT2D eigenvalue weighted by Crippen LogP contribution is -2.13. The molecule has 5 heteroatoms. The molecule has 0 aliphatic rings. The minimum atomic E-state index is -0.625. The first kappa shape index (κ1) is 12.9. The average Bonchev–Trinajstić information content (AvgIpc) is 2.35. The van der Waals surface area contributed by atoms with E-state index in [1.165, 1.54) is 12.3 Å². The number of anilines is 1. The van der Waals surface area contributed by atoms with Crippen molar-refractivity contribution in [1.29, 1.82) is 0 Å². The van der Waals surface area contributed by atoms with Crippen LogP contribution in [0.3, 0.4) is 0 Å². The van der Waals surface area contributed by atoms with Crippen LogP contribution in [0.5, 0.6) is 11.6 Å². The largest absolute Gasteiger partial charge is 0.438 e. The molecule has 0 aliphatic carbocycles. The highest BCUT2D eigenvalue weighted by molar-refractivity contribution is 5.95. The number of hydrogen-bond donors (Lipinski definition) is 2. The third kappa shape index (κ3) is 2.82. The van der Waals surface area contributed by atoms with E-state index in [0.717, 1.165) is 11.1 Å². The summed E-state index contributed by atoms with van der Waals surface area (Å²) >= 11 is 0. The number of carbonyl (C=O) groups is 1. The third-order valence-corrected chi connectivity index (χ3v) is 2.69. The average molecular weight is 257 g/mol. The molecular formula is C14H15N3O2. The topological polar surface area (TPSA) is 91.2 Å². The first-order chi connectivity index (χ1) is 8.97. The van der Waals surface area contributed by atoms with Gasteiger partial charge in [0.25, 0.3) is 5.91 Å². The van der Waals surface area contributed by atoms with Crippen LogP contribution in [0.1, 0.15) is 21.5 Å². The van der Waals surface area contributed by atoms with Gasteiger partial charge in [-0.3, -0.25) is 4.79 Å². The van der Waals surface area contributed by atoms with E-state index in [9.17, 15) is 4.79 Å². The van der Waals surface area contributed by atoms with Gasteiger partial charge in [-0.25, -0.2) is 4.98 Å². The molecule has 0 radical (unpaired) electrons. The molecule has 1 heterocycles. The Morgan fingerprint density at radius 1 is 1.26 bits per heavy atom. The van der Waals surface area contributed by atoms with Gasteiger partial charge in [-0.2, -0.15) is 0 Å². The Hall–Kier alpha value is -2.56. The van der Waals surface area contributed by atoms with Crippen LogP contribution in [0.4, 0.5) is 5.69 Å². The second kappa shape index (κ2) is 4.97. The molecule has 0 spiro atoms. The molecule has 5 nitrogen and oxygen atoms in total. The van der Waals surface area contributed by atoms with E-state index in [1.807, 2.05) is 32.0 Å². The number of amides is 1. The SMILES string of the molecule is Cc1ccc(C)c(Oc2ncc(N)cc2C(N)=O)c1. The van der Waals surface area contributed by atoms with Crippen molar-refractivity contribution in [3.63, 3.8) is 0 Å².